The molecule has 0 spiro atoms. The number of benzene rings is 7. The third kappa shape index (κ3) is 6.78. The van der Waals surface area contributed by atoms with E-state index in [4.69, 9.17) is 9.97 Å². The second kappa shape index (κ2) is 15.9. The van der Waals surface area contributed by atoms with Crippen LogP contribution in [-0.4, -0.2) is 25.8 Å². The van der Waals surface area contributed by atoms with Crippen molar-refractivity contribution in [2.75, 3.05) is 0 Å². The lowest BCUT2D eigenvalue weighted by Gasteiger charge is -2.35. The molecule has 2 saturated carbocycles. The Morgan fingerprint density at radius 2 is 0.887 bits per heavy atom. The molecular weight excluding hydrogens is 860 g/mol. The molecule has 4 aliphatic rings. The number of fused-ring (bicyclic) bond motifs is 10. The molecule has 5 heteroatoms. The zero-order valence-corrected chi connectivity index (χ0v) is 42.4. The van der Waals surface area contributed by atoms with Crippen LogP contribution in [0.5, 0.6) is 0 Å². The van der Waals surface area contributed by atoms with Gasteiger partial charge < -0.3 is 9.13 Å². The Balaban J connectivity index is 1.15. The first-order chi connectivity index (χ1) is 34.5. The molecule has 350 valence electrons. The summed E-state index contributed by atoms with van der Waals surface area (Å²) >= 11 is 0. The van der Waals surface area contributed by atoms with Gasteiger partial charge in [-0.25, -0.2) is 9.97 Å². The van der Waals surface area contributed by atoms with Gasteiger partial charge in [-0.2, -0.15) is 0 Å². The van der Waals surface area contributed by atoms with E-state index < -0.39 is 0 Å². The smallest absolute Gasteiger partial charge is 0.252 e. The molecule has 10 aromatic rings. The topological polar surface area (TPSA) is 35.6 Å². The molecule has 0 saturated heterocycles. The Hall–Kier alpha value is -6.72. The van der Waals surface area contributed by atoms with Gasteiger partial charge in [-0.15, -0.1) is 0 Å². The average molecular weight is 923 g/mol. The van der Waals surface area contributed by atoms with Crippen LogP contribution in [0.1, 0.15) is 140 Å². The van der Waals surface area contributed by atoms with Crippen LogP contribution >= 0.6 is 0 Å². The third-order valence-corrected chi connectivity index (χ3v) is 17.4. The summed E-state index contributed by atoms with van der Waals surface area (Å²) in [7, 11) is 0. The summed E-state index contributed by atoms with van der Waals surface area (Å²) in [5.74, 6) is 1.89. The molecule has 71 heavy (non-hydrogen) atoms. The summed E-state index contributed by atoms with van der Waals surface area (Å²) in [5.41, 5.74) is 23.1. The third-order valence-electron chi connectivity index (χ3n) is 17.4. The van der Waals surface area contributed by atoms with Crippen molar-refractivity contribution in [3.05, 3.63) is 162 Å². The molecule has 0 bridgehead atoms. The monoisotopic (exact) mass is 923 g/mol. The normalized spacial score (nSPS) is 16.2. The van der Waals surface area contributed by atoms with Crippen molar-refractivity contribution >= 4 is 66.7 Å². The summed E-state index contributed by atoms with van der Waals surface area (Å²) in [6.07, 6.45) is 13.0. The van der Waals surface area contributed by atoms with Gasteiger partial charge in [0.1, 0.15) is 0 Å². The van der Waals surface area contributed by atoms with Gasteiger partial charge in [0, 0.05) is 60.6 Å². The molecule has 3 aromatic heterocycles. The van der Waals surface area contributed by atoms with E-state index in [0.717, 1.165) is 33.9 Å². The van der Waals surface area contributed by atoms with Crippen LogP contribution in [0.25, 0.3) is 88.9 Å². The maximum absolute atomic E-state index is 5.52. The maximum Gasteiger partial charge on any atom is 0.252 e. The summed E-state index contributed by atoms with van der Waals surface area (Å²) in [6.45, 7) is 14.2. The standard InChI is InChI=1S/C66H63BN4/c1-65(2,3)47-27-29-57-49(37-47)51-31-44(40-19-11-7-12-20-40)33-53-62(51)70(57)59-35-46(56-39-55(42-23-15-9-16-24-42)68-64(69-56)43-25-17-10-18-26-43)36-60-61(59)67(53)54-34-45(41-21-13-8-14-22-41)32-52-50-38-48(66(4,5)6)28-30-58(50)71(60)63(52)54/h9-10,15-18,23-41H,7-8,11-14,19-22H2,1-6H3. The highest BCUT2D eigenvalue weighted by atomic mass is 15.0. The fourth-order valence-electron chi connectivity index (χ4n) is 13.6. The zero-order valence-electron chi connectivity index (χ0n) is 42.4. The summed E-state index contributed by atoms with van der Waals surface area (Å²) < 4.78 is 5.37. The molecule has 0 amide bonds. The lowest BCUT2D eigenvalue weighted by molar-refractivity contribution is 0.444. The Morgan fingerprint density at radius 3 is 1.35 bits per heavy atom. The van der Waals surface area contributed by atoms with Gasteiger partial charge >= 0.3 is 0 Å². The Bertz CT molecular complexity index is 3550. The van der Waals surface area contributed by atoms with Crippen molar-refractivity contribution in [1.82, 2.24) is 19.1 Å². The van der Waals surface area contributed by atoms with E-state index in [2.05, 4.69) is 190 Å². The molecule has 14 rings (SSSR count). The second-order valence-electron chi connectivity index (χ2n) is 23.9. The number of rotatable bonds is 5. The predicted octanol–water partition coefficient (Wildman–Crippen LogP) is 15.5. The van der Waals surface area contributed by atoms with E-state index in [0.29, 0.717) is 11.8 Å². The van der Waals surface area contributed by atoms with Gasteiger partial charge in [-0.1, -0.05) is 165 Å². The van der Waals surface area contributed by atoms with Crippen molar-refractivity contribution in [3.8, 4) is 45.3 Å². The van der Waals surface area contributed by atoms with E-state index in [1.165, 1.54) is 158 Å². The Morgan fingerprint density at radius 1 is 0.437 bits per heavy atom. The molecule has 0 atom stereocenters. The fraction of sp³-hybridized carbons (Fsp3) is 0.303. The lowest BCUT2D eigenvalue weighted by atomic mass is 9.34. The molecular formula is C66H63BN4. The number of hydrogen-bond donors (Lipinski definition) is 0. The summed E-state index contributed by atoms with van der Waals surface area (Å²) in [6, 6.07) is 53.9. The molecule has 7 aromatic carbocycles. The van der Waals surface area contributed by atoms with Crippen molar-refractivity contribution in [3.63, 3.8) is 0 Å². The van der Waals surface area contributed by atoms with E-state index in [1.807, 2.05) is 0 Å². The highest BCUT2D eigenvalue weighted by Crippen LogP contribution is 2.46. The van der Waals surface area contributed by atoms with Gasteiger partial charge in [0.05, 0.1) is 22.4 Å². The SMILES string of the molecule is CC(C)(C)c1ccc2c(c1)c1cc(C3CCCCC3)cc3c1n2-c1cc(-c2cc(-c4ccccc4)nc(-c4ccccc4)n2)cc2c1B3c1cc(C3CCCCC3)cc3c4cc(C(C)(C)C)ccc4n-2c13. The van der Waals surface area contributed by atoms with Gasteiger partial charge in [0.2, 0.25) is 0 Å². The first-order valence-electron chi connectivity index (χ1n) is 26.9. The molecule has 0 radical (unpaired) electrons. The summed E-state index contributed by atoms with van der Waals surface area (Å²) in [5, 5.41) is 5.54. The van der Waals surface area contributed by atoms with E-state index in [-0.39, 0.29) is 17.5 Å². The average Bonchev–Trinajstić information content (AvgIpc) is 3.91. The molecule has 0 N–H and O–H groups in total. The molecule has 5 heterocycles. The minimum atomic E-state index is 0.0127. The van der Waals surface area contributed by atoms with Crippen molar-refractivity contribution in [2.24, 2.45) is 0 Å². The second-order valence-corrected chi connectivity index (χ2v) is 23.9. The van der Waals surface area contributed by atoms with Crippen LogP contribution in [0.15, 0.2) is 140 Å². The molecule has 0 unspecified atom stereocenters. The van der Waals surface area contributed by atoms with Crippen molar-refractivity contribution < 1.29 is 0 Å². The molecule has 2 aliphatic heterocycles. The molecule has 4 nitrogen and oxygen atoms in total. The molecule has 2 fully saturated rings. The van der Waals surface area contributed by atoms with Gasteiger partial charge in [0.15, 0.2) is 5.82 Å². The van der Waals surface area contributed by atoms with E-state index in [9.17, 15) is 0 Å². The van der Waals surface area contributed by atoms with Crippen molar-refractivity contribution in [1.29, 1.82) is 0 Å². The molecule has 2 aliphatic carbocycles. The Kier molecular flexibility index (Phi) is 9.65. The highest BCUT2D eigenvalue weighted by Gasteiger charge is 2.43. The van der Waals surface area contributed by atoms with Crippen LogP contribution < -0.4 is 16.4 Å². The van der Waals surface area contributed by atoms with Crippen LogP contribution in [0.4, 0.5) is 0 Å². The first-order valence-corrected chi connectivity index (χ1v) is 26.9. The number of hydrogen-bond acceptors (Lipinski definition) is 2. The summed E-state index contributed by atoms with van der Waals surface area (Å²) in [4.78, 5) is 10.8. The number of aromatic nitrogens is 4. The van der Waals surface area contributed by atoms with Gasteiger partial charge in [-0.3, -0.25) is 0 Å². The van der Waals surface area contributed by atoms with Crippen LogP contribution in [0, 0.1) is 0 Å². The highest BCUT2D eigenvalue weighted by molar-refractivity contribution is 7.00. The van der Waals surface area contributed by atoms with Gasteiger partial charge in [0.25, 0.3) is 6.71 Å². The number of nitrogens with zero attached hydrogens (tertiary/aromatic N) is 4. The van der Waals surface area contributed by atoms with Crippen LogP contribution in [-0.2, 0) is 10.8 Å². The lowest BCUT2D eigenvalue weighted by Crippen LogP contribution is -2.59. The van der Waals surface area contributed by atoms with Crippen LogP contribution in [0.3, 0.4) is 0 Å². The largest absolute Gasteiger partial charge is 0.310 e. The van der Waals surface area contributed by atoms with Crippen LogP contribution in [0.2, 0.25) is 0 Å². The van der Waals surface area contributed by atoms with E-state index >= 15 is 0 Å². The predicted molar refractivity (Wildman–Crippen MR) is 301 cm³/mol. The van der Waals surface area contributed by atoms with Gasteiger partial charge in [-0.05, 0) is 142 Å². The minimum Gasteiger partial charge on any atom is -0.310 e. The fourth-order valence-corrected chi connectivity index (χ4v) is 13.6. The first kappa shape index (κ1) is 43.1. The minimum absolute atomic E-state index is 0.0127. The van der Waals surface area contributed by atoms with Crippen molar-refractivity contribution in [2.45, 2.75) is 128 Å². The zero-order chi connectivity index (χ0) is 47.9. The Labute approximate surface area is 419 Å². The quantitative estimate of drug-likeness (QED) is 0.161. The maximum atomic E-state index is 5.52. The van der Waals surface area contributed by atoms with E-state index in [1.54, 1.807) is 0 Å².